The lowest BCUT2D eigenvalue weighted by molar-refractivity contribution is 0.602. The molecule has 0 aromatic heterocycles. The van der Waals surface area contributed by atoms with Crippen LogP contribution in [-0.2, 0) is 0 Å². The Labute approximate surface area is 141 Å². The quantitative estimate of drug-likeness (QED) is 0.376. The maximum absolute atomic E-state index is 5.25. The number of nitrogens with two attached hydrogens (primary N) is 3. The summed E-state index contributed by atoms with van der Waals surface area (Å²) < 4.78 is 0. The van der Waals surface area contributed by atoms with E-state index < -0.39 is 0 Å². The lowest BCUT2D eigenvalue weighted by atomic mass is 10.1. The van der Waals surface area contributed by atoms with Crippen LogP contribution in [0.3, 0.4) is 0 Å². The van der Waals surface area contributed by atoms with E-state index in [4.69, 9.17) is 5.84 Å². The third-order valence-electron chi connectivity index (χ3n) is 2.81. The number of rotatable bonds is 3. The maximum atomic E-state index is 5.25. The fourth-order valence-electron chi connectivity index (χ4n) is 1.56. The van der Waals surface area contributed by atoms with Gasteiger partial charge in [0, 0.05) is 10.9 Å². The van der Waals surface area contributed by atoms with Crippen molar-refractivity contribution in [2.75, 3.05) is 0 Å². The van der Waals surface area contributed by atoms with Crippen molar-refractivity contribution in [1.29, 1.82) is 0 Å². The van der Waals surface area contributed by atoms with E-state index >= 15 is 0 Å². The van der Waals surface area contributed by atoms with Crippen LogP contribution in [-0.4, -0.2) is 5.48 Å². The van der Waals surface area contributed by atoms with E-state index in [1.165, 1.54) is 11.1 Å². The fraction of sp³-hybridized carbons (Fsp3) is 0.250. The summed E-state index contributed by atoms with van der Waals surface area (Å²) in [7, 11) is 0. The number of benzene rings is 2. The monoisotopic (exact) mass is 370 g/mol. The van der Waals surface area contributed by atoms with E-state index in [0.717, 1.165) is 0 Å². The average molecular weight is 371 g/mol. The molecule has 0 fully saturated rings. The molecular weight excluding hydrogens is 344 g/mol. The van der Waals surface area contributed by atoms with Gasteiger partial charge in [0.15, 0.2) is 0 Å². The first-order valence-electron chi connectivity index (χ1n) is 6.68. The van der Waals surface area contributed by atoms with Gasteiger partial charge in [-0.25, -0.2) is 0 Å². The van der Waals surface area contributed by atoms with E-state index in [1.54, 1.807) is 0 Å². The van der Waals surface area contributed by atoms with Crippen LogP contribution < -0.4 is 23.0 Å². The van der Waals surface area contributed by atoms with Crippen molar-refractivity contribution in [3.8, 4) is 0 Å². The first kappa shape index (κ1) is 23.0. The Morgan fingerprint density at radius 3 is 1.45 bits per heavy atom. The Balaban J connectivity index is 0. The van der Waals surface area contributed by atoms with Crippen molar-refractivity contribution in [3.05, 3.63) is 71.8 Å². The Morgan fingerprint density at radius 2 is 1.18 bits per heavy atom. The summed E-state index contributed by atoms with van der Waals surface area (Å²) in [6.45, 7) is 4.14. The molecule has 2 aromatic carbocycles. The van der Waals surface area contributed by atoms with Crippen LogP contribution >= 0.6 is 15.9 Å². The van der Waals surface area contributed by atoms with Crippen LogP contribution in [0.4, 0.5) is 0 Å². The molecule has 9 N–H and O–H groups in total. The number of hydrazine groups is 2. The second-order valence-electron chi connectivity index (χ2n) is 4.33. The van der Waals surface area contributed by atoms with Gasteiger partial charge < -0.3 is 5.48 Å². The van der Waals surface area contributed by atoms with Gasteiger partial charge in [-0.2, -0.15) is 0 Å². The Hall–Kier alpha value is -1.28. The molecular formula is C16H27BrN4O. The van der Waals surface area contributed by atoms with Gasteiger partial charge in [-0.05, 0) is 25.0 Å². The molecule has 2 atom stereocenters. The van der Waals surface area contributed by atoms with Gasteiger partial charge in [0.2, 0.25) is 0 Å². The highest BCUT2D eigenvalue weighted by Gasteiger charge is 1.98. The number of hydrogen-bond acceptors (Lipinski definition) is 4. The third-order valence-corrected chi connectivity index (χ3v) is 3.34. The first-order valence-corrected chi connectivity index (χ1v) is 7.60. The number of alkyl halides is 1. The van der Waals surface area contributed by atoms with E-state index in [2.05, 4.69) is 52.1 Å². The van der Waals surface area contributed by atoms with E-state index in [9.17, 15) is 0 Å². The zero-order chi connectivity index (χ0) is 16.1. The largest absolute Gasteiger partial charge is 0.412 e. The molecule has 0 aliphatic heterocycles. The first-order chi connectivity index (χ1) is 10.1. The van der Waals surface area contributed by atoms with Crippen molar-refractivity contribution in [2.45, 2.75) is 24.7 Å². The SMILES string of the molecule is CC(Br)c1ccccc1.CC(NN)c1ccccc1.NN.O. The van der Waals surface area contributed by atoms with Crippen molar-refractivity contribution in [1.82, 2.24) is 5.43 Å². The number of halogens is 1. The molecule has 0 aliphatic carbocycles. The van der Waals surface area contributed by atoms with Gasteiger partial charge in [0.1, 0.15) is 0 Å². The predicted molar refractivity (Wildman–Crippen MR) is 98.0 cm³/mol. The summed E-state index contributed by atoms with van der Waals surface area (Å²) >= 11 is 3.48. The lowest BCUT2D eigenvalue weighted by Gasteiger charge is -2.08. The Bertz CT molecular complexity index is 454. The molecule has 0 saturated carbocycles. The minimum Gasteiger partial charge on any atom is -0.412 e. The Morgan fingerprint density at radius 1 is 0.818 bits per heavy atom. The molecule has 0 aliphatic rings. The molecule has 2 unspecified atom stereocenters. The molecule has 6 heteroatoms. The standard InChI is InChI=1S/C8H9Br.C8H12N2.H4N2.H2O/c1-7(9)8-5-3-2-4-6-8;1-7(10-9)8-5-3-2-4-6-8;1-2;/h2-7H,1H3;2-7,10H,9H2,1H3;1-2H2;1H2. The summed E-state index contributed by atoms with van der Waals surface area (Å²) in [5.74, 6) is 13.3. The highest BCUT2D eigenvalue weighted by molar-refractivity contribution is 9.09. The molecule has 2 rings (SSSR count). The minimum absolute atomic E-state index is 0. The van der Waals surface area contributed by atoms with Gasteiger partial charge in [0.25, 0.3) is 0 Å². The topological polar surface area (TPSA) is 122 Å². The normalized spacial score (nSPS) is 11.5. The zero-order valence-electron chi connectivity index (χ0n) is 13.0. The van der Waals surface area contributed by atoms with Gasteiger partial charge >= 0.3 is 0 Å². The highest BCUT2D eigenvalue weighted by Crippen LogP contribution is 2.19. The van der Waals surface area contributed by atoms with Gasteiger partial charge in [-0.15, -0.1) is 0 Å². The van der Waals surface area contributed by atoms with Gasteiger partial charge in [-0.1, -0.05) is 76.6 Å². The summed E-state index contributed by atoms with van der Waals surface area (Å²) in [5, 5.41) is 0. The highest BCUT2D eigenvalue weighted by atomic mass is 79.9. The van der Waals surface area contributed by atoms with Crippen LogP contribution in [0.5, 0.6) is 0 Å². The van der Waals surface area contributed by atoms with Crippen LogP contribution in [0.25, 0.3) is 0 Å². The van der Waals surface area contributed by atoms with Crippen LogP contribution in [0.2, 0.25) is 0 Å². The summed E-state index contributed by atoms with van der Waals surface area (Å²) in [4.78, 5) is 0.471. The molecule has 2 aromatic rings. The van der Waals surface area contributed by atoms with E-state index in [0.29, 0.717) is 4.83 Å². The second kappa shape index (κ2) is 14.6. The van der Waals surface area contributed by atoms with E-state index in [-0.39, 0.29) is 11.5 Å². The second-order valence-corrected chi connectivity index (χ2v) is 5.70. The summed E-state index contributed by atoms with van der Waals surface area (Å²) in [6, 6.07) is 20.7. The molecule has 5 nitrogen and oxygen atoms in total. The number of nitrogens with one attached hydrogen (secondary N) is 1. The zero-order valence-corrected chi connectivity index (χ0v) is 14.6. The molecule has 0 radical (unpaired) electrons. The minimum atomic E-state index is 0. The van der Waals surface area contributed by atoms with Crippen molar-refractivity contribution in [3.63, 3.8) is 0 Å². The van der Waals surface area contributed by atoms with Crippen LogP contribution in [0.15, 0.2) is 60.7 Å². The van der Waals surface area contributed by atoms with Crippen LogP contribution in [0, 0.1) is 0 Å². The third kappa shape index (κ3) is 9.62. The molecule has 124 valence electrons. The van der Waals surface area contributed by atoms with Crippen molar-refractivity contribution in [2.24, 2.45) is 17.5 Å². The maximum Gasteiger partial charge on any atom is 0.0431 e. The molecule has 0 saturated heterocycles. The molecule has 0 bridgehead atoms. The molecule has 0 spiro atoms. The average Bonchev–Trinajstić information content (AvgIpc) is 2.58. The predicted octanol–water partition coefficient (Wildman–Crippen LogP) is 2.35. The Kier molecular flexibility index (Phi) is 15.3. The fourth-order valence-corrected chi connectivity index (χ4v) is 1.86. The smallest absolute Gasteiger partial charge is 0.0431 e. The van der Waals surface area contributed by atoms with Crippen molar-refractivity contribution < 1.29 is 5.48 Å². The van der Waals surface area contributed by atoms with Gasteiger partial charge in [-0.3, -0.25) is 23.0 Å². The summed E-state index contributed by atoms with van der Waals surface area (Å²) in [5.41, 5.74) is 5.23. The number of hydrogen-bond donors (Lipinski definition) is 4. The molecule has 0 amide bonds. The van der Waals surface area contributed by atoms with Gasteiger partial charge in [0.05, 0.1) is 0 Å². The molecule has 22 heavy (non-hydrogen) atoms. The van der Waals surface area contributed by atoms with Crippen molar-refractivity contribution >= 4 is 15.9 Å². The van der Waals surface area contributed by atoms with Crippen LogP contribution in [0.1, 0.15) is 35.8 Å². The molecule has 0 heterocycles. The summed E-state index contributed by atoms with van der Waals surface area (Å²) in [6.07, 6.45) is 0. The van der Waals surface area contributed by atoms with E-state index in [1.807, 2.05) is 55.5 Å². The lowest BCUT2D eigenvalue weighted by Crippen LogP contribution is -2.25.